The lowest BCUT2D eigenvalue weighted by atomic mass is 10.2. The Morgan fingerprint density at radius 2 is 1.94 bits per heavy atom. The highest BCUT2D eigenvalue weighted by Gasteiger charge is 2.06. The van der Waals surface area contributed by atoms with Crippen molar-refractivity contribution in [3.63, 3.8) is 0 Å². The quantitative estimate of drug-likeness (QED) is 0.820. The predicted molar refractivity (Wildman–Crippen MR) is 67.2 cm³/mol. The zero-order chi connectivity index (χ0) is 11.2. The second kappa shape index (κ2) is 5.63. The lowest BCUT2D eigenvalue weighted by Gasteiger charge is -2.06. The van der Waals surface area contributed by atoms with Crippen LogP contribution in [-0.2, 0) is 0 Å². The van der Waals surface area contributed by atoms with Crippen molar-refractivity contribution in [2.24, 2.45) is 5.73 Å². The van der Waals surface area contributed by atoms with Gasteiger partial charge >= 0.3 is 0 Å². The fourth-order valence-electron chi connectivity index (χ4n) is 1.37. The van der Waals surface area contributed by atoms with Crippen LogP contribution in [0.25, 0.3) is 11.4 Å². The van der Waals surface area contributed by atoms with Gasteiger partial charge in [-0.1, -0.05) is 6.07 Å². The average molecular weight is 231 g/mol. The molecule has 2 N–H and O–H groups in total. The molecule has 3 nitrogen and oxygen atoms in total. The minimum absolute atomic E-state index is 0.668. The molecule has 2 aromatic rings. The van der Waals surface area contributed by atoms with Crippen LogP contribution >= 0.6 is 11.8 Å². The number of hydrogen-bond donors (Lipinski definition) is 1. The first kappa shape index (κ1) is 11.1. The molecule has 0 radical (unpaired) electrons. The van der Waals surface area contributed by atoms with Crippen molar-refractivity contribution in [3.8, 4) is 11.4 Å². The number of hydrogen-bond acceptors (Lipinski definition) is 4. The van der Waals surface area contributed by atoms with Crippen molar-refractivity contribution in [1.82, 2.24) is 9.97 Å². The SMILES string of the molecule is NCCSc1cccnc1-c1ccccn1. The Balaban J connectivity index is 2.33. The molecule has 0 saturated heterocycles. The molecule has 0 unspecified atom stereocenters. The lowest BCUT2D eigenvalue weighted by molar-refractivity contribution is 1.14. The minimum Gasteiger partial charge on any atom is -0.330 e. The molecule has 0 amide bonds. The van der Waals surface area contributed by atoms with Crippen LogP contribution in [0.5, 0.6) is 0 Å². The van der Waals surface area contributed by atoms with Crippen LogP contribution in [0.4, 0.5) is 0 Å². The molecule has 0 aliphatic rings. The van der Waals surface area contributed by atoms with E-state index in [9.17, 15) is 0 Å². The Morgan fingerprint density at radius 3 is 2.69 bits per heavy atom. The standard InChI is InChI=1S/C12H13N3S/c13-6-9-16-11-5-3-8-15-12(11)10-4-1-2-7-14-10/h1-5,7-8H,6,9,13H2. The van der Waals surface area contributed by atoms with Gasteiger partial charge in [0, 0.05) is 29.6 Å². The highest BCUT2D eigenvalue weighted by Crippen LogP contribution is 2.27. The molecule has 2 heterocycles. The molecule has 16 heavy (non-hydrogen) atoms. The molecule has 82 valence electrons. The summed E-state index contributed by atoms with van der Waals surface area (Å²) in [4.78, 5) is 9.82. The molecule has 2 aromatic heterocycles. The minimum atomic E-state index is 0.668. The maximum atomic E-state index is 5.51. The smallest absolute Gasteiger partial charge is 0.102 e. The summed E-state index contributed by atoms with van der Waals surface area (Å²) in [7, 11) is 0. The van der Waals surface area contributed by atoms with E-state index in [1.54, 1.807) is 24.2 Å². The van der Waals surface area contributed by atoms with E-state index in [-0.39, 0.29) is 0 Å². The Bertz CT molecular complexity index is 445. The molecule has 0 aliphatic carbocycles. The van der Waals surface area contributed by atoms with Gasteiger partial charge in [0.1, 0.15) is 5.69 Å². The Hall–Kier alpha value is -1.39. The molecular weight excluding hydrogens is 218 g/mol. The van der Waals surface area contributed by atoms with Gasteiger partial charge in [-0.3, -0.25) is 9.97 Å². The first-order valence-corrected chi connectivity index (χ1v) is 6.09. The Kier molecular flexibility index (Phi) is 3.91. The van der Waals surface area contributed by atoms with Gasteiger partial charge in [-0.05, 0) is 24.3 Å². The molecular formula is C12H13N3S. The van der Waals surface area contributed by atoms with Crippen LogP contribution in [0.2, 0.25) is 0 Å². The topological polar surface area (TPSA) is 51.8 Å². The van der Waals surface area contributed by atoms with E-state index in [2.05, 4.69) is 16.0 Å². The molecule has 0 atom stereocenters. The fourth-order valence-corrected chi connectivity index (χ4v) is 2.18. The summed E-state index contributed by atoms with van der Waals surface area (Å²) in [5.74, 6) is 0.894. The van der Waals surface area contributed by atoms with Crippen LogP contribution in [0.15, 0.2) is 47.6 Å². The van der Waals surface area contributed by atoms with E-state index in [1.165, 1.54) is 0 Å². The van der Waals surface area contributed by atoms with E-state index in [4.69, 9.17) is 5.73 Å². The fraction of sp³-hybridized carbons (Fsp3) is 0.167. The first-order valence-electron chi connectivity index (χ1n) is 5.11. The van der Waals surface area contributed by atoms with Gasteiger partial charge in [-0.15, -0.1) is 11.8 Å². The van der Waals surface area contributed by atoms with Crippen molar-refractivity contribution in [1.29, 1.82) is 0 Å². The summed E-state index contributed by atoms with van der Waals surface area (Å²) in [5, 5.41) is 0. The van der Waals surface area contributed by atoms with Crippen molar-refractivity contribution >= 4 is 11.8 Å². The molecule has 0 bridgehead atoms. The van der Waals surface area contributed by atoms with Crippen LogP contribution in [0, 0.1) is 0 Å². The van der Waals surface area contributed by atoms with Gasteiger partial charge in [-0.25, -0.2) is 0 Å². The van der Waals surface area contributed by atoms with Gasteiger partial charge in [0.25, 0.3) is 0 Å². The van der Waals surface area contributed by atoms with Crippen molar-refractivity contribution in [2.45, 2.75) is 4.90 Å². The van der Waals surface area contributed by atoms with E-state index >= 15 is 0 Å². The molecule has 0 aromatic carbocycles. The number of aromatic nitrogens is 2. The van der Waals surface area contributed by atoms with Crippen LogP contribution in [0.1, 0.15) is 0 Å². The Morgan fingerprint density at radius 1 is 1.06 bits per heavy atom. The summed E-state index contributed by atoms with van der Waals surface area (Å²) in [6.07, 6.45) is 3.57. The lowest BCUT2D eigenvalue weighted by Crippen LogP contribution is -2.01. The van der Waals surface area contributed by atoms with E-state index in [0.717, 1.165) is 22.0 Å². The molecule has 0 saturated carbocycles. The second-order valence-electron chi connectivity index (χ2n) is 3.20. The highest BCUT2D eigenvalue weighted by molar-refractivity contribution is 7.99. The highest BCUT2D eigenvalue weighted by atomic mass is 32.2. The predicted octanol–water partition coefficient (Wildman–Crippen LogP) is 2.19. The van der Waals surface area contributed by atoms with Gasteiger partial charge in [0.15, 0.2) is 0 Å². The monoisotopic (exact) mass is 231 g/mol. The maximum Gasteiger partial charge on any atom is 0.102 e. The number of nitrogens with two attached hydrogens (primary N) is 1. The van der Waals surface area contributed by atoms with Gasteiger partial charge in [-0.2, -0.15) is 0 Å². The molecule has 0 spiro atoms. The molecule has 0 aliphatic heterocycles. The van der Waals surface area contributed by atoms with Gasteiger partial charge in [0.2, 0.25) is 0 Å². The summed E-state index contributed by atoms with van der Waals surface area (Å²) in [6.45, 7) is 0.668. The average Bonchev–Trinajstić information content (AvgIpc) is 2.38. The third-order valence-electron chi connectivity index (χ3n) is 2.05. The van der Waals surface area contributed by atoms with Gasteiger partial charge in [0.05, 0.1) is 5.69 Å². The summed E-state index contributed by atoms with van der Waals surface area (Å²) in [6, 6.07) is 9.82. The van der Waals surface area contributed by atoms with Crippen LogP contribution < -0.4 is 5.73 Å². The van der Waals surface area contributed by atoms with Gasteiger partial charge < -0.3 is 5.73 Å². The number of pyridine rings is 2. The summed E-state index contributed by atoms with van der Waals surface area (Å²) < 4.78 is 0. The zero-order valence-electron chi connectivity index (χ0n) is 8.84. The first-order chi connectivity index (χ1) is 7.92. The normalized spacial score (nSPS) is 10.3. The largest absolute Gasteiger partial charge is 0.330 e. The van der Waals surface area contributed by atoms with Crippen molar-refractivity contribution < 1.29 is 0 Å². The second-order valence-corrected chi connectivity index (χ2v) is 4.34. The number of rotatable bonds is 4. The molecule has 0 fully saturated rings. The molecule has 4 heteroatoms. The van der Waals surface area contributed by atoms with Crippen molar-refractivity contribution in [2.75, 3.05) is 12.3 Å². The molecule has 2 rings (SSSR count). The Labute approximate surface area is 99.1 Å². The van der Waals surface area contributed by atoms with E-state index < -0.39 is 0 Å². The van der Waals surface area contributed by atoms with Crippen molar-refractivity contribution in [3.05, 3.63) is 42.7 Å². The number of nitrogens with zero attached hydrogens (tertiary/aromatic N) is 2. The van der Waals surface area contributed by atoms with Crippen LogP contribution in [-0.4, -0.2) is 22.3 Å². The maximum absolute atomic E-state index is 5.51. The summed E-state index contributed by atoms with van der Waals surface area (Å²) >= 11 is 1.71. The summed E-state index contributed by atoms with van der Waals surface area (Å²) in [5.41, 5.74) is 7.35. The zero-order valence-corrected chi connectivity index (χ0v) is 9.65. The number of thioether (sulfide) groups is 1. The third-order valence-corrected chi connectivity index (χ3v) is 3.13. The van der Waals surface area contributed by atoms with Crippen LogP contribution in [0.3, 0.4) is 0 Å². The van der Waals surface area contributed by atoms with E-state index in [1.807, 2.05) is 24.3 Å². The third kappa shape index (κ3) is 2.59. The van der Waals surface area contributed by atoms with E-state index in [0.29, 0.717) is 6.54 Å².